The van der Waals surface area contributed by atoms with Gasteiger partial charge in [0.2, 0.25) is 15.9 Å². The van der Waals surface area contributed by atoms with Gasteiger partial charge in [0.05, 0.1) is 11.8 Å². The van der Waals surface area contributed by atoms with Crippen molar-refractivity contribution in [2.24, 2.45) is 5.92 Å². The summed E-state index contributed by atoms with van der Waals surface area (Å²) in [6.45, 7) is 2.63. The zero-order valence-electron chi connectivity index (χ0n) is 19.5. The lowest BCUT2D eigenvalue weighted by Crippen LogP contribution is -2.44. The van der Waals surface area contributed by atoms with Gasteiger partial charge in [-0.25, -0.2) is 12.7 Å². The first kappa shape index (κ1) is 25.7. The van der Waals surface area contributed by atoms with Crippen molar-refractivity contribution < 1.29 is 13.2 Å². The van der Waals surface area contributed by atoms with Gasteiger partial charge in [-0.2, -0.15) is 0 Å². The maximum absolute atomic E-state index is 13.2. The average molecular weight is 532 g/mol. The summed E-state index contributed by atoms with van der Waals surface area (Å²) in [5, 5.41) is 4.00. The van der Waals surface area contributed by atoms with E-state index in [4.69, 9.17) is 23.2 Å². The minimum absolute atomic E-state index is 0.0581. The number of aryl methyl sites for hydroxylation is 1. The molecule has 3 aromatic carbocycles. The van der Waals surface area contributed by atoms with Crippen molar-refractivity contribution in [2.45, 2.75) is 31.6 Å². The molecule has 35 heavy (non-hydrogen) atoms. The van der Waals surface area contributed by atoms with Gasteiger partial charge in [0.15, 0.2) is 0 Å². The Morgan fingerprint density at radius 2 is 1.60 bits per heavy atom. The molecule has 0 aliphatic carbocycles. The molecular formula is C27H28Cl2N2O3S. The van der Waals surface area contributed by atoms with Crippen molar-refractivity contribution in [1.29, 1.82) is 0 Å². The van der Waals surface area contributed by atoms with E-state index < -0.39 is 10.0 Å². The molecule has 0 aromatic heterocycles. The zero-order chi connectivity index (χ0) is 25.0. The monoisotopic (exact) mass is 530 g/mol. The maximum Gasteiger partial charge on any atom is 0.223 e. The number of nitrogens with one attached hydrogen (secondary N) is 1. The molecule has 0 radical (unpaired) electrons. The molecule has 0 saturated carbocycles. The summed E-state index contributed by atoms with van der Waals surface area (Å²) in [6, 6.07) is 22.5. The summed E-state index contributed by atoms with van der Waals surface area (Å²) in [7, 11) is -3.56. The predicted molar refractivity (Wildman–Crippen MR) is 141 cm³/mol. The molecule has 0 unspecified atom stereocenters. The molecule has 5 nitrogen and oxygen atoms in total. The Bertz CT molecular complexity index is 1270. The second kappa shape index (κ2) is 11.1. The highest BCUT2D eigenvalue weighted by Crippen LogP contribution is 2.28. The lowest BCUT2D eigenvalue weighted by Gasteiger charge is -2.32. The van der Waals surface area contributed by atoms with E-state index in [0.717, 1.165) is 16.7 Å². The van der Waals surface area contributed by atoms with Crippen LogP contribution in [-0.4, -0.2) is 31.7 Å². The molecule has 0 bridgehead atoms. The number of benzene rings is 3. The maximum atomic E-state index is 13.2. The minimum Gasteiger partial charge on any atom is -0.345 e. The summed E-state index contributed by atoms with van der Waals surface area (Å²) in [6.07, 6.45) is 0.934. The normalized spacial score (nSPS) is 16.1. The third-order valence-corrected chi connectivity index (χ3v) is 8.82. The molecule has 4 rings (SSSR count). The van der Waals surface area contributed by atoms with Crippen LogP contribution >= 0.6 is 23.2 Å². The van der Waals surface area contributed by atoms with E-state index in [-0.39, 0.29) is 23.6 Å². The van der Waals surface area contributed by atoms with E-state index in [0.29, 0.717) is 41.5 Å². The van der Waals surface area contributed by atoms with Gasteiger partial charge in [-0.3, -0.25) is 4.79 Å². The fourth-order valence-corrected chi connectivity index (χ4v) is 6.50. The van der Waals surface area contributed by atoms with Gasteiger partial charge in [0, 0.05) is 29.1 Å². The van der Waals surface area contributed by atoms with Crippen LogP contribution in [0.1, 0.15) is 41.1 Å². The Hall–Kier alpha value is -2.38. The van der Waals surface area contributed by atoms with Crippen LogP contribution < -0.4 is 5.32 Å². The number of sulfonamides is 1. The first-order valence-electron chi connectivity index (χ1n) is 11.6. The predicted octanol–water partition coefficient (Wildman–Crippen LogP) is 5.75. The third kappa shape index (κ3) is 6.44. The third-order valence-electron chi connectivity index (χ3n) is 6.40. The number of carbonyl (C=O) groups is 1. The fourth-order valence-electron chi connectivity index (χ4n) is 4.35. The molecule has 1 amide bonds. The molecule has 8 heteroatoms. The molecule has 184 valence electrons. The van der Waals surface area contributed by atoms with Gasteiger partial charge < -0.3 is 5.32 Å². The van der Waals surface area contributed by atoms with E-state index in [9.17, 15) is 13.2 Å². The van der Waals surface area contributed by atoms with Gasteiger partial charge in [-0.1, -0.05) is 89.4 Å². The molecule has 1 heterocycles. The molecule has 1 saturated heterocycles. The first-order chi connectivity index (χ1) is 16.7. The van der Waals surface area contributed by atoms with Gasteiger partial charge in [-0.05, 0) is 48.6 Å². The Morgan fingerprint density at radius 1 is 0.971 bits per heavy atom. The van der Waals surface area contributed by atoms with E-state index in [2.05, 4.69) is 5.32 Å². The highest BCUT2D eigenvalue weighted by atomic mass is 35.5. The quantitative estimate of drug-likeness (QED) is 0.422. The molecule has 1 atom stereocenters. The molecule has 1 N–H and O–H groups in total. The van der Waals surface area contributed by atoms with Crippen LogP contribution in [0.15, 0.2) is 72.8 Å². The van der Waals surface area contributed by atoms with Crippen LogP contribution in [0.25, 0.3) is 0 Å². The Labute approximate surface area is 217 Å². The SMILES string of the molecule is Cc1ccc([C@H](NC(=O)C2CCN(S(=O)(=O)Cc3ccc(Cl)cc3Cl)CC2)c2ccccc2)cc1. The van der Waals surface area contributed by atoms with E-state index in [1.54, 1.807) is 18.2 Å². The van der Waals surface area contributed by atoms with Crippen LogP contribution in [0.3, 0.4) is 0 Å². The zero-order valence-corrected chi connectivity index (χ0v) is 21.8. The van der Waals surface area contributed by atoms with Crippen molar-refractivity contribution in [3.63, 3.8) is 0 Å². The van der Waals surface area contributed by atoms with Crippen LogP contribution in [0.5, 0.6) is 0 Å². The van der Waals surface area contributed by atoms with Gasteiger partial charge in [-0.15, -0.1) is 0 Å². The standard InChI is InChI=1S/C27H28Cl2N2O3S/c1-19-7-9-21(10-8-19)26(20-5-3-2-4-6-20)30-27(32)22-13-15-31(16-14-22)35(33,34)18-23-11-12-24(28)17-25(23)29/h2-12,17,22,26H,13-16,18H2,1H3,(H,30,32)/t26-/m1/s1. The molecule has 1 aliphatic rings. The van der Waals surface area contributed by atoms with Crippen LogP contribution in [0.2, 0.25) is 10.0 Å². The Morgan fingerprint density at radius 3 is 2.23 bits per heavy atom. The average Bonchev–Trinajstić information content (AvgIpc) is 2.85. The number of carbonyl (C=O) groups excluding carboxylic acids is 1. The summed E-state index contributed by atoms with van der Waals surface area (Å²) in [5.41, 5.74) is 3.68. The highest BCUT2D eigenvalue weighted by Gasteiger charge is 2.32. The molecule has 1 fully saturated rings. The van der Waals surface area contributed by atoms with Gasteiger partial charge in [0.25, 0.3) is 0 Å². The second-order valence-corrected chi connectivity index (χ2v) is 11.7. The highest BCUT2D eigenvalue weighted by molar-refractivity contribution is 7.88. The van der Waals surface area contributed by atoms with Crippen molar-refractivity contribution in [2.75, 3.05) is 13.1 Å². The van der Waals surface area contributed by atoms with Gasteiger partial charge in [0.1, 0.15) is 0 Å². The lowest BCUT2D eigenvalue weighted by molar-refractivity contribution is -0.126. The topological polar surface area (TPSA) is 66.5 Å². The number of piperidine rings is 1. The number of halogens is 2. The number of hydrogen-bond acceptors (Lipinski definition) is 3. The smallest absolute Gasteiger partial charge is 0.223 e. The lowest BCUT2D eigenvalue weighted by atomic mass is 9.94. The number of nitrogens with zero attached hydrogens (tertiary/aromatic N) is 1. The van der Waals surface area contributed by atoms with Crippen molar-refractivity contribution in [3.8, 4) is 0 Å². The van der Waals surface area contributed by atoms with Gasteiger partial charge >= 0.3 is 0 Å². The molecule has 0 spiro atoms. The number of hydrogen-bond donors (Lipinski definition) is 1. The van der Waals surface area contributed by atoms with Crippen molar-refractivity contribution >= 4 is 39.1 Å². The van der Waals surface area contributed by atoms with E-state index in [1.165, 1.54) is 4.31 Å². The number of rotatable bonds is 7. The largest absolute Gasteiger partial charge is 0.345 e. The van der Waals surface area contributed by atoms with E-state index >= 15 is 0 Å². The molecule has 3 aromatic rings. The van der Waals surface area contributed by atoms with Crippen molar-refractivity contribution in [3.05, 3.63) is 105 Å². The molecule has 1 aliphatic heterocycles. The van der Waals surface area contributed by atoms with Crippen LogP contribution in [0, 0.1) is 12.8 Å². The summed E-state index contributed by atoms with van der Waals surface area (Å²) in [5.74, 6) is -0.502. The summed E-state index contributed by atoms with van der Waals surface area (Å²) in [4.78, 5) is 13.2. The fraction of sp³-hybridized carbons (Fsp3) is 0.296. The Balaban J connectivity index is 1.41. The minimum atomic E-state index is -3.56. The van der Waals surface area contributed by atoms with Crippen LogP contribution in [-0.2, 0) is 20.6 Å². The second-order valence-electron chi connectivity index (χ2n) is 8.93. The van der Waals surface area contributed by atoms with Crippen molar-refractivity contribution in [1.82, 2.24) is 9.62 Å². The Kier molecular flexibility index (Phi) is 8.17. The number of amides is 1. The van der Waals surface area contributed by atoms with Crippen LogP contribution in [0.4, 0.5) is 0 Å². The molecular weight excluding hydrogens is 503 g/mol. The summed E-state index contributed by atoms with van der Waals surface area (Å²) < 4.78 is 27.4. The summed E-state index contributed by atoms with van der Waals surface area (Å²) >= 11 is 12.1. The van der Waals surface area contributed by atoms with E-state index in [1.807, 2.05) is 61.5 Å². The first-order valence-corrected chi connectivity index (χ1v) is 13.9.